The van der Waals surface area contributed by atoms with E-state index in [-0.39, 0.29) is 81.0 Å². The second kappa shape index (κ2) is 13.9. The Morgan fingerprint density at radius 3 is 1.88 bits per heavy atom. The summed E-state index contributed by atoms with van der Waals surface area (Å²) in [4.78, 5) is 0. The van der Waals surface area contributed by atoms with Crippen molar-refractivity contribution in [2.75, 3.05) is 0 Å². The summed E-state index contributed by atoms with van der Waals surface area (Å²) in [5, 5.41) is 0. The summed E-state index contributed by atoms with van der Waals surface area (Å²) in [7, 11) is 0. The van der Waals surface area contributed by atoms with Gasteiger partial charge in [-0.25, -0.2) is 12.6 Å². The Kier molecular flexibility index (Phi) is 16.0. The molecule has 2 fully saturated rings. The van der Waals surface area contributed by atoms with Crippen LogP contribution in [0.4, 0.5) is 0 Å². The average Bonchev–Trinajstić information content (AvgIpc) is 2.48. The molecule has 0 bridgehead atoms. The molecule has 186 valence electrons. The minimum absolute atomic E-state index is 0. The third-order valence-corrected chi connectivity index (χ3v) is 8.02. The first-order valence-electron chi connectivity index (χ1n) is 12.4. The van der Waals surface area contributed by atoms with Crippen molar-refractivity contribution < 1.29 is 65.4 Å². The zero-order chi connectivity index (χ0) is 23.6. The molecule has 0 N–H and O–H groups in total. The second-order valence-electron chi connectivity index (χ2n) is 13.6. The van der Waals surface area contributed by atoms with Crippen molar-refractivity contribution in [2.24, 2.45) is 39.4 Å². The zero-order valence-electron chi connectivity index (χ0n) is 23.0. The van der Waals surface area contributed by atoms with Crippen LogP contribution in [0.25, 0.3) is 0 Å². The summed E-state index contributed by atoms with van der Waals surface area (Å²) in [6, 6.07) is 0. The maximum Gasteiger partial charge on any atom is 0 e. The predicted octanol–water partition coefficient (Wildman–Crippen LogP) is 9.46. The van der Waals surface area contributed by atoms with Crippen LogP contribution in [0.5, 0.6) is 0 Å². The smallest absolute Gasteiger partial charge is 0 e. The van der Waals surface area contributed by atoms with Crippen LogP contribution in [-0.4, -0.2) is 4.75 Å². The molecule has 0 heterocycles. The minimum Gasteiger partial charge on any atom is -0.342 e. The van der Waals surface area contributed by atoms with Crippen LogP contribution in [0.1, 0.15) is 113 Å². The van der Waals surface area contributed by atoms with E-state index in [1.807, 2.05) is 0 Å². The van der Waals surface area contributed by atoms with E-state index in [1.54, 1.807) is 0 Å². The minimum atomic E-state index is -0.0973. The van der Waals surface area contributed by atoms with Gasteiger partial charge in [-0.15, -0.1) is 4.75 Å². The maximum atomic E-state index is 4.59. The van der Waals surface area contributed by atoms with Crippen molar-refractivity contribution in [3.63, 3.8) is 0 Å². The van der Waals surface area contributed by atoms with Crippen molar-refractivity contribution in [2.45, 2.75) is 118 Å². The molecule has 0 spiro atoms. The standard InChI is InChI=1S/C15H28.C14H26S.2Y/c1-12(2)15(6)10-13(3)8-7-9-14(4,5)11-15;1-11-7-8-14(11,9-12(2,3)4)10-13(5,6)15;;/h12-13H,1,6-11H2,2-5H3;11,15H,2,5,7-10H2,1,3-4,6H3;;/q2*-2;;. The summed E-state index contributed by atoms with van der Waals surface area (Å²) in [6.07, 6.45) is 11.6. The van der Waals surface area contributed by atoms with Gasteiger partial charge in [0.25, 0.3) is 0 Å². The van der Waals surface area contributed by atoms with Crippen molar-refractivity contribution in [3.05, 3.63) is 27.7 Å². The van der Waals surface area contributed by atoms with Gasteiger partial charge < -0.3 is 27.7 Å². The molecule has 2 rings (SSSR count). The van der Waals surface area contributed by atoms with Gasteiger partial charge in [0.1, 0.15) is 0 Å². The Labute approximate surface area is 260 Å². The van der Waals surface area contributed by atoms with Crippen LogP contribution in [0, 0.1) is 67.1 Å². The van der Waals surface area contributed by atoms with Gasteiger partial charge in [0, 0.05) is 65.4 Å². The molecule has 0 saturated heterocycles. The van der Waals surface area contributed by atoms with E-state index in [1.165, 1.54) is 51.4 Å². The molecule has 2 saturated carbocycles. The monoisotopic (exact) mass is 612 g/mol. The van der Waals surface area contributed by atoms with Gasteiger partial charge in [0.05, 0.1) is 0 Å². The van der Waals surface area contributed by atoms with Gasteiger partial charge in [-0.2, -0.15) is 16.7 Å². The molecule has 0 aromatic heterocycles. The van der Waals surface area contributed by atoms with E-state index in [4.69, 9.17) is 0 Å². The van der Waals surface area contributed by atoms with E-state index < -0.39 is 0 Å². The van der Waals surface area contributed by atoms with E-state index in [0.717, 1.165) is 18.3 Å². The van der Waals surface area contributed by atoms with Gasteiger partial charge in [-0.1, -0.05) is 93.9 Å². The first-order valence-corrected chi connectivity index (χ1v) is 12.9. The van der Waals surface area contributed by atoms with Crippen LogP contribution in [-0.2, 0) is 65.4 Å². The molecule has 6 atom stereocenters. The molecule has 2 radical (unpaired) electrons. The Morgan fingerprint density at radius 2 is 1.53 bits per heavy atom. The van der Waals surface area contributed by atoms with Gasteiger partial charge in [-0.3, -0.25) is 0 Å². The molecule has 0 aromatic rings. The van der Waals surface area contributed by atoms with Crippen LogP contribution in [0.2, 0.25) is 0 Å². The molecule has 0 amide bonds. The number of thiol groups is 1. The fourth-order valence-electron chi connectivity index (χ4n) is 6.35. The number of hydrogen-bond acceptors (Lipinski definition) is 1. The Balaban J connectivity index is 0. The van der Waals surface area contributed by atoms with E-state index >= 15 is 0 Å². The fourth-order valence-corrected chi connectivity index (χ4v) is 6.67. The normalized spacial score (nSPS) is 35.2. The topological polar surface area (TPSA) is 0 Å². The molecule has 0 aromatic carbocycles. The van der Waals surface area contributed by atoms with Crippen molar-refractivity contribution in [1.29, 1.82) is 0 Å². The molecule has 32 heavy (non-hydrogen) atoms. The van der Waals surface area contributed by atoms with E-state index in [9.17, 15) is 0 Å². The Hall–Kier alpha value is 2.56. The molecule has 3 heteroatoms. The SMILES string of the molecule is [CH2-]C(C)(C)CC1(CC([CH2-])(C)S)CCC1C.[CH2-]C(C)C1([CH2-])CC(C)CCCC(C)(C)C1.[Y].[Y]. The van der Waals surface area contributed by atoms with Crippen LogP contribution < -0.4 is 0 Å². The molecular weight excluding hydrogens is 558 g/mol. The predicted molar refractivity (Wildman–Crippen MR) is 140 cm³/mol. The van der Waals surface area contributed by atoms with E-state index in [2.05, 4.69) is 95.7 Å². The zero-order valence-corrected chi connectivity index (χ0v) is 29.6. The van der Waals surface area contributed by atoms with Crippen molar-refractivity contribution in [3.8, 4) is 0 Å². The molecule has 2 aliphatic rings. The van der Waals surface area contributed by atoms with Gasteiger partial charge in [0.15, 0.2) is 0 Å². The summed E-state index contributed by atoms with van der Waals surface area (Å²) in [5.41, 5.74) is 1.27. The molecule has 2 aliphatic carbocycles. The molecular formula is C29H54SY2-4. The van der Waals surface area contributed by atoms with Gasteiger partial charge in [-0.05, 0) is 41.9 Å². The second-order valence-corrected chi connectivity index (χ2v) is 14.7. The van der Waals surface area contributed by atoms with Gasteiger partial charge >= 0.3 is 0 Å². The van der Waals surface area contributed by atoms with Crippen LogP contribution in [0.3, 0.4) is 0 Å². The molecule has 6 unspecified atom stereocenters. The molecule has 0 aliphatic heterocycles. The third-order valence-electron chi connectivity index (χ3n) is 7.87. The summed E-state index contributed by atoms with van der Waals surface area (Å²) < 4.78 is -0.0973. The summed E-state index contributed by atoms with van der Waals surface area (Å²) in [6.45, 7) is 35.5. The number of hydrogen-bond donors (Lipinski definition) is 1. The Morgan fingerprint density at radius 1 is 1.00 bits per heavy atom. The van der Waals surface area contributed by atoms with Crippen molar-refractivity contribution >= 4 is 12.6 Å². The van der Waals surface area contributed by atoms with Crippen LogP contribution >= 0.6 is 12.6 Å². The van der Waals surface area contributed by atoms with Crippen LogP contribution in [0.15, 0.2) is 0 Å². The third kappa shape index (κ3) is 12.7. The average molecular weight is 613 g/mol. The van der Waals surface area contributed by atoms with Crippen molar-refractivity contribution in [1.82, 2.24) is 0 Å². The number of rotatable bonds is 5. The van der Waals surface area contributed by atoms with E-state index in [0.29, 0.717) is 16.7 Å². The molecule has 0 nitrogen and oxygen atoms in total. The summed E-state index contributed by atoms with van der Waals surface area (Å²) >= 11 is 4.59. The first-order chi connectivity index (χ1) is 13.3. The maximum absolute atomic E-state index is 4.59. The quantitative estimate of drug-likeness (QED) is 0.232. The van der Waals surface area contributed by atoms with Gasteiger partial charge in [0.2, 0.25) is 0 Å². The first kappa shape index (κ1) is 36.7. The summed E-state index contributed by atoms with van der Waals surface area (Å²) in [5.74, 6) is 2.09. The Bertz CT molecular complexity index is 510. The largest absolute Gasteiger partial charge is 0.342 e. The fraction of sp³-hybridized carbons (Fsp3) is 0.862.